The number of carbonyl (C=O) groups is 1. The molecule has 0 amide bonds. The van der Waals surface area contributed by atoms with Gasteiger partial charge in [-0.3, -0.25) is 0 Å². The molecule has 0 atom stereocenters. The molecule has 1 aromatic heterocycles. The summed E-state index contributed by atoms with van der Waals surface area (Å²) in [4.78, 5) is 12.8. The summed E-state index contributed by atoms with van der Waals surface area (Å²) in [6, 6.07) is 1.17. The van der Waals surface area contributed by atoms with Crippen LogP contribution in [0.3, 0.4) is 0 Å². The Bertz CT molecular complexity index is 623. The highest BCUT2D eigenvalue weighted by Gasteiger charge is 2.26. The van der Waals surface area contributed by atoms with E-state index in [0.29, 0.717) is 0 Å². The van der Waals surface area contributed by atoms with Crippen molar-refractivity contribution >= 4 is 43.3 Å². The van der Waals surface area contributed by atoms with E-state index in [0.717, 1.165) is 17.9 Å². The van der Waals surface area contributed by atoms with Gasteiger partial charge in [-0.05, 0) is 41.5 Å². The van der Waals surface area contributed by atoms with Gasteiger partial charge in [-0.15, -0.1) is 11.3 Å². The molecule has 0 saturated heterocycles. The quantitative estimate of drug-likeness (QED) is 0.733. The smallest absolute Gasteiger partial charge is 0.345 e. The number of sulfonamides is 1. The predicted molar refractivity (Wildman–Crippen MR) is 86.5 cm³/mol. The van der Waals surface area contributed by atoms with Gasteiger partial charge < -0.3 is 10.0 Å². The molecular formula is C12H19BrN2O4S2. The third kappa shape index (κ3) is 5.33. The van der Waals surface area contributed by atoms with Crippen molar-refractivity contribution in [3.8, 4) is 0 Å². The number of rotatable bonds is 7. The molecule has 0 spiro atoms. The first kappa shape index (κ1) is 18.6. The minimum Gasteiger partial charge on any atom is -0.477 e. The van der Waals surface area contributed by atoms with Gasteiger partial charge in [0.25, 0.3) is 0 Å². The molecule has 1 aromatic rings. The SMILES string of the molecule is CN(C)CC(C)(C)CNS(=O)(=O)c1cc(C(=O)O)sc1Br. The van der Waals surface area contributed by atoms with Crippen molar-refractivity contribution in [3.63, 3.8) is 0 Å². The minimum absolute atomic E-state index is 0.0187. The van der Waals surface area contributed by atoms with Crippen LogP contribution in [0.25, 0.3) is 0 Å². The molecule has 0 radical (unpaired) electrons. The van der Waals surface area contributed by atoms with Crippen molar-refractivity contribution in [2.75, 3.05) is 27.2 Å². The van der Waals surface area contributed by atoms with E-state index < -0.39 is 16.0 Å². The summed E-state index contributed by atoms with van der Waals surface area (Å²) < 4.78 is 27.4. The van der Waals surface area contributed by atoms with E-state index in [2.05, 4.69) is 20.7 Å². The van der Waals surface area contributed by atoms with Crippen LogP contribution in [-0.2, 0) is 10.0 Å². The lowest BCUT2D eigenvalue weighted by Gasteiger charge is -2.28. The van der Waals surface area contributed by atoms with Crippen LogP contribution in [0.4, 0.5) is 0 Å². The summed E-state index contributed by atoms with van der Waals surface area (Å²) in [7, 11) is 0.102. The van der Waals surface area contributed by atoms with Gasteiger partial charge in [0.15, 0.2) is 0 Å². The maximum Gasteiger partial charge on any atom is 0.345 e. The number of thiophene rings is 1. The van der Waals surface area contributed by atoms with Crippen molar-refractivity contribution in [3.05, 3.63) is 14.7 Å². The summed E-state index contributed by atoms with van der Waals surface area (Å²) in [5.74, 6) is -1.14. The molecule has 9 heteroatoms. The monoisotopic (exact) mass is 398 g/mol. The van der Waals surface area contributed by atoms with Crippen LogP contribution in [0.5, 0.6) is 0 Å². The largest absolute Gasteiger partial charge is 0.477 e. The summed E-state index contributed by atoms with van der Waals surface area (Å²) in [6.07, 6.45) is 0. The van der Waals surface area contributed by atoms with Crippen molar-refractivity contribution in [1.82, 2.24) is 9.62 Å². The maximum atomic E-state index is 12.3. The maximum absolute atomic E-state index is 12.3. The fraction of sp³-hybridized carbons (Fsp3) is 0.583. The summed E-state index contributed by atoms with van der Waals surface area (Å²) in [5, 5.41) is 8.92. The van der Waals surface area contributed by atoms with E-state index in [-0.39, 0.29) is 25.5 Å². The Morgan fingerprint density at radius 2 is 2.05 bits per heavy atom. The zero-order chi connectivity index (χ0) is 16.4. The second kappa shape index (κ2) is 6.74. The van der Waals surface area contributed by atoms with E-state index >= 15 is 0 Å². The normalized spacial score (nSPS) is 12.9. The third-order valence-corrected chi connectivity index (χ3v) is 6.28. The number of aromatic carboxylic acids is 1. The van der Waals surface area contributed by atoms with Crippen LogP contribution < -0.4 is 4.72 Å². The van der Waals surface area contributed by atoms with Crippen molar-refractivity contribution < 1.29 is 18.3 Å². The predicted octanol–water partition coefficient (Wildman–Crippen LogP) is 2.07. The molecular weight excluding hydrogens is 380 g/mol. The highest BCUT2D eigenvalue weighted by Crippen LogP contribution is 2.31. The van der Waals surface area contributed by atoms with Crippen molar-refractivity contribution in [1.29, 1.82) is 0 Å². The molecule has 21 heavy (non-hydrogen) atoms. The summed E-state index contributed by atoms with van der Waals surface area (Å²) in [6.45, 7) is 4.90. The van der Waals surface area contributed by atoms with Crippen LogP contribution in [0.2, 0.25) is 0 Å². The summed E-state index contributed by atoms with van der Waals surface area (Å²) >= 11 is 3.99. The molecule has 0 unspecified atom stereocenters. The lowest BCUT2D eigenvalue weighted by Crippen LogP contribution is -2.39. The Balaban J connectivity index is 2.90. The number of carboxylic acid groups (broad SMARTS) is 1. The van der Waals surface area contributed by atoms with E-state index in [4.69, 9.17) is 5.11 Å². The standard InChI is InChI=1S/C12H19BrN2O4S2/c1-12(2,7-15(3)4)6-14-21(18,19)9-5-8(11(16)17)20-10(9)13/h5,14H,6-7H2,1-4H3,(H,16,17). The Labute approximate surface area is 137 Å². The average Bonchev–Trinajstić information content (AvgIpc) is 2.68. The number of halogens is 1. The lowest BCUT2D eigenvalue weighted by molar-refractivity contribution is 0.0702. The van der Waals surface area contributed by atoms with Crippen LogP contribution in [0.15, 0.2) is 14.7 Å². The van der Waals surface area contributed by atoms with Gasteiger partial charge in [-0.25, -0.2) is 17.9 Å². The zero-order valence-electron chi connectivity index (χ0n) is 12.3. The van der Waals surface area contributed by atoms with Gasteiger partial charge in [0.2, 0.25) is 10.0 Å². The molecule has 0 aliphatic heterocycles. The number of carboxylic acids is 1. The molecule has 1 rings (SSSR count). The van der Waals surface area contributed by atoms with Gasteiger partial charge in [-0.1, -0.05) is 13.8 Å². The van der Waals surface area contributed by atoms with Crippen LogP contribution in [0, 0.1) is 5.41 Å². The number of hydrogen-bond acceptors (Lipinski definition) is 5. The Kier molecular flexibility index (Phi) is 5.96. The molecule has 120 valence electrons. The van der Waals surface area contributed by atoms with Gasteiger partial charge >= 0.3 is 5.97 Å². The lowest BCUT2D eigenvalue weighted by atomic mass is 9.93. The van der Waals surface area contributed by atoms with E-state index in [9.17, 15) is 13.2 Å². The van der Waals surface area contributed by atoms with Gasteiger partial charge in [-0.2, -0.15) is 0 Å². The first-order valence-corrected chi connectivity index (χ1v) is 9.21. The molecule has 1 heterocycles. The van der Waals surface area contributed by atoms with Crippen LogP contribution in [0.1, 0.15) is 23.5 Å². The van der Waals surface area contributed by atoms with Gasteiger partial charge in [0, 0.05) is 13.1 Å². The third-order valence-electron chi connectivity index (χ3n) is 2.64. The van der Waals surface area contributed by atoms with Crippen molar-refractivity contribution in [2.24, 2.45) is 5.41 Å². The van der Waals surface area contributed by atoms with Crippen LogP contribution in [-0.4, -0.2) is 51.6 Å². The van der Waals surface area contributed by atoms with Gasteiger partial charge in [0.1, 0.15) is 9.77 Å². The molecule has 2 N–H and O–H groups in total. The van der Waals surface area contributed by atoms with E-state index in [1.807, 2.05) is 32.8 Å². The van der Waals surface area contributed by atoms with E-state index in [1.165, 1.54) is 6.07 Å². The Morgan fingerprint density at radius 1 is 1.48 bits per heavy atom. The molecule has 6 nitrogen and oxygen atoms in total. The summed E-state index contributed by atoms with van der Waals surface area (Å²) in [5.41, 5.74) is -0.241. The fourth-order valence-corrected chi connectivity index (χ4v) is 5.56. The Morgan fingerprint density at radius 3 is 2.48 bits per heavy atom. The number of nitrogens with one attached hydrogen (secondary N) is 1. The highest BCUT2D eigenvalue weighted by molar-refractivity contribution is 9.11. The molecule has 0 bridgehead atoms. The fourth-order valence-electron chi connectivity index (χ4n) is 1.92. The topological polar surface area (TPSA) is 86.7 Å². The van der Waals surface area contributed by atoms with Crippen LogP contribution >= 0.6 is 27.3 Å². The molecule has 0 fully saturated rings. The number of hydrogen-bond donors (Lipinski definition) is 2. The van der Waals surface area contributed by atoms with E-state index in [1.54, 1.807) is 0 Å². The first-order chi connectivity index (χ1) is 9.44. The molecule has 0 aromatic carbocycles. The molecule has 0 aliphatic carbocycles. The highest BCUT2D eigenvalue weighted by atomic mass is 79.9. The van der Waals surface area contributed by atoms with Crippen molar-refractivity contribution in [2.45, 2.75) is 18.7 Å². The molecule has 0 saturated carbocycles. The number of nitrogens with zero attached hydrogens (tertiary/aromatic N) is 1. The van der Waals surface area contributed by atoms with Gasteiger partial charge in [0.05, 0.1) is 3.79 Å². The zero-order valence-corrected chi connectivity index (χ0v) is 15.5. The first-order valence-electron chi connectivity index (χ1n) is 6.12. The second-order valence-electron chi connectivity index (χ2n) is 5.78. The second-order valence-corrected chi connectivity index (χ2v) is 9.89. The molecule has 0 aliphatic rings. The Hall–Kier alpha value is -0.480. The minimum atomic E-state index is -3.74. The average molecular weight is 399 g/mol.